The molecule has 0 spiro atoms. The zero-order valence-corrected chi connectivity index (χ0v) is 19.1. The van der Waals surface area contributed by atoms with Crippen molar-refractivity contribution in [3.63, 3.8) is 0 Å². The van der Waals surface area contributed by atoms with Crippen LogP contribution in [-0.4, -0.2) is 11.9 Å². The summed E-state index contributed by atoms with van der Waals surface area (Å²) < 4.78 is 10.4. The van der Waals surface area contributed by atoms with Crippen molar-refractivity contribution in [2.24, 2.45) is 0 Å². The number of hydrogen-bond acceptors (Lipinski definition) is 5. The maximum absolute atomic E-state index is 12.4. The van der Waals surface area contributed by atoms with Crippen molar-refractivity contribution in [2.45, 2.75) is 0 Å². The van der Waals surface area contributed by atoms with Gasteiger partial charge in [0.05, 0.1) is 20.1 Å². The van der Waals surface area contributed by atoms with E-state index in [0.29, 0.717) is 10.0 Å². The smallest absolute Gasteiger partial charge is 0.353 e. The van der Waals surface area contributed by atoms with Crippen LogP contribution < -0.4 is 9.47 Å². The summed E-state index contributed by atoms with van der Waals surface area (Å²) in [7, 11) is 0. The maximum Gasteiger partial charge on any atom is 0.353 e. The minimum absolute atomic E-state index is 0.0417. The lowest BCUT2D eigenvalue weighted by Gasteiger charge is -2.08. The first-order chi connectivity index (χ1) is 13.7. The van der Waals surface area contributed by atoms with Crippen molar-refractivity contribution in [2.75, 3.05) is 0 Å². The fourth-order valence-corrected chi connectivity index (χ4v) is 4.64. The van der Waals surface area contributed by atoms with Gasteiger partial charge in [-0.1, -0.05) is 69.6 Å². The van der Waals surface area contributed by atoms with E-state index in [-0.39, 0.29) is 41.3 Å². The Bertz CT molecular complexity index is 995. The van der Waals surface area contributed by atoms with Gasteiger partial charge in [0.2, 0.25) is 0 Å². The lowest BCUT2D eigenvalue weighted by atomic mass is 10.3. The Morgan fingerprint density at radius 1 is 0.621 bits per heavy atom. The van der Waals surface area contributed by atoms with E-state index in [1.165, 1.54) is 36.4 Å². The van der Waals surface area contributed by atoms with Crippen LogP contribution in [-0.2, 0) is 0 Å². The van der Waals surface area contributed by atoms with Gasteiger partial charge >= 0.3 is 11.9 Å². The number of halogens is 6. The number of rotatable bonds is 4. The molecule has 0 amide bonds. The highest BCUT2D eigenvalue weighted by Gasteiger charge is 2.21. The third-order valence-corrected chi connectivity index (χ3v) is 5.93. The molecule has 0 fully saturated rings. The molecule has 0 saturated heterocycles. The lowest BCUT2D eigenvalue weighted by Crippen LogP contribution is -2.08. The number of ether oxygens (including phenoxy) is 2. The molecule has 29 heavy (non-hydrogen) atoms. The van der Waals surface area contributed by atoms with Gasteiger partial charge in [-0.3, -0.25) is 0 Å². The van der Waals surface area contributed by atoms with Gasteiger partial charge in [-0.15, -0.1) is 11.3 Å². The number of carbonyl (C=O) groups is 2. The van der Waals surface area contributed by atoms with E-state index in [2.05, 4.69) is 0 Å². The summed E-state index contributed by atoms with van der Waals surface area (Å²) in [6.07, 6.45) is 0. The van der Waals surface area contributed by atoms with Crippen LogP contribution in [0.5, 0.6) is 11.5 Å². The summed E-state index contributed by atoms with van der Waals surface area (Å²) in [6, 6.07) is 8.32. The van der Waals surface area contributed by atoms with Crippen molar-refractivity contribution in [1.82, 2.24) is 0 Å². The summed E-state index contributed by atoms with van der Waals surface area (Å²) in [5.41, 5.74) is 0. The van der Waals surface area contributed by atoms with Gasteiger partial charge in [0.25, 0.3) is 0 Å². The Morgan fingerprint density at radius 3 is 1.24 bits per heavy atom. The van der Waals surface area contributed by atoms with Gasteiger partial charge in [0.15, 0.2) is 11.5 Å². The third-order valence-electron chi connectivity index (χ3n) is 3.32. The normalized spacial score (nSPS) is 10.7. The molecular weight excluding hydrogens is 525 g/mol. The molecule has 0 atom stereocenters. The van der Waals surface area contributed by atoms with E-state index < -0.39 is 11.9 Å². The molecule has 0 aliphatic carbocycles. The number of thiophene rings is 1. The van der Waals surface area contributed by atoms with E-state index in [4.69, 9.17) is 79.1 Å². The molecule has 3 aromatic rings. The van der Waals surface area contributed by atoms with Crippen LogP contribution >= 0.6 is 80.9 Å². The number of carbonyl (C=O) groups excluding carboxylic acids is 2. The molecule has 0 bridgehead atoms. The first-order valence-electron chi connectivity index (χ1n) is 7.49. The highest BCUT2D eigenvalue weighted by Crippen LogP contribution is 2.38. The standard InChI is InChI=1S/C18H6Cl6O4S/c19-7-3-9(21)15(10(22)4-7)27-17(25)13-1-2-14(29-13)18(26)28-16-11(23)5-8(20)6-12(16)24/h1-6H. The van der Waals surface area contributed by atoms with Crippen LogP contribution in [0.4, 0.5) is 0 Å². The van der Waals surface area contributed by atoms with E-state index >= 15 is 0 Å². The zero-order valence-electron chi connectivity index (χ0n) is 13.8. The maximum atomic E-state index is 12.4. The van der Waals surface area contributed by atoms with Crippen LogP contribution in [0.1, 0.15) is 19.3 Å². The van der Waals surface area contributed by atoms with E-state index in [0.717, 1.165) is 11.3 Å². The average molecular weight is 531 g/mol. The Balaban J connectivity index is 1.77. The second-order valence-electron chi connectivity index (χ2n) is 5.34. The largest absolute Gasteiger partial charge is 0.419 e. The third kappa shape index (κ3) is 5.30. The second kappa shape index (κ2) is 9.31. The van der Waals surface area contributed by atoms with Crippen LogP contribution in [0.25, 0.3) is 0 Å². The summed E-state index contributed by atoms with van der Waals surface area (Å²) in [5, 5.41) is 0.859. The Hall–Kier alpha value is -1.18. The molecule has 150 valence electrons. The molecule has 1 aromatic heterocycles. The number of benzene rings is 2. The molecule has 1 heterocycles. The van der Waals surface area contributed by atoms with Crippen molar-refractivity contribution in [3.05, 3.63) is 76.3 Å². The topological polar surface area (TPSA) is 52.6 Å². The average Bonchev–Trinajstić information content (AvgIpc) is 3.11. The van der Waals surface area contributed by atoms with Crippen LogP contribution in [0.2, 0.25) is 30.1 Å². The van der Waals surface area contributed by atoms with Crippen molar-refractivity contribution in [1.29, 1.82) is 0 Å². The van der Waals surface area contributed by atoms with Crippen LogP contribution in [0, 0.1) is 0 Å². The first-order valence-corrected chi connectivity index (χ1v) is 10.6. The number of hydrogen-bond donors (Lipinski definition) is 0. The molecule has 3 rings (SSSR count). The summed E-state index contributed by atoms with van der Waals surface area (Å²) >= 11 is 36.5. The number of esters is 2. The highest BCUT2D eigenvalue weighted by molar-refractivity contribution is 7.15. The van der Waals surface area contributed by atoms with Crippen LogP contribution in [0.3, 0.4) is 0 Å². The van der Waals surface area contributed by atoms with E-state index in [1.807, 2.05) is 0 Å². The van der Waals surface area contributed by atoms with E-state index in [1.54, 1.807) is 0 Å². The molecule has 2 aromatic carbocycles. The Kier molecular flexibility index (Phi) is 7.23. The molecule has 0 radical (unpaired) electrons. The summed E-state index contributed by atoms with van der Waals surface area (Å²) in [6.45, 7) is 0. The van der Waals surface area contributed by atoms with Crippen molar-refractivity contribution < 1.29 is 19.1 Å². The predicted molar refractivity (Wildman–Crippen MR) is 117 cm³/mol. The quantitative estimate of drug-likeness (QED) is 0.252. The van der Waals surface area contributed by atoms with Crippen LogP contribution in [0.15, 0.2) is 36.4 Å². The van der Waals surface area contributed by atoms with Gasteiger partial charge in [-0.25, -0.2) is 9.59 Å². The molecule has 11 heteroatoms. The highest BCUT2D eigenvalue weighted by atomic mass is 35.5. The molecular formula is C18H6Cl6O4S. The summed E-state index contributed by atoms with van der Waals surface area (Å²) in [4.78, 5) is 25.0. The molecule has 0 unspecified atom stereocenters. The minimum Gasteiger partial charge on any atom is -0.419 e. The Morgan fingerprint density at radius 2 is 0.931 bits per heavy atom. The molecule has 0 N–H and O–H groups in total. The molecule has 4 nitrogen and oxygen atoms in total. The zero-order chi connectivity index (χ0) is 21.3. The summed E-state index contributed by atoms with van der Waals surface area (Å²) in [5.74, 6) is -1.61. The fourth-order valence-electron chi connectivity index (χ4n) is 2.10. The molecule has 0 aliphatic heterocycles. The van der Waals surface area contributed by atoms with Gasteiger partial charge in [-0.05, 0) is 36.4 Å². The minimum atomic E-state index is -0.761. The van der Waals surface area contributed by atoms with Crippen molar-refractivity contribution in [3.8, 4) is 11.5 Å². The lowest BCUT2D eigenvalue weighted by molar-refractivity contribution is 0.0732. The second-order valence-corrected chi connectivity index (χ2v) is 8.93. The molecule has 0 aliphatic rings. The monoisotopic (exact) mass is 528 g/mol. The van der Waals surface area contributed by atoms with Gasteiger partial charge in [0.1, 0.15) is 9.75 Å². The van der Waals surface area contributed by atoms with E-state index in [9.17, 15) is 9.59 Å². The first kappa shape index (κ1) is 22.5. The van der Waals surface area contributed by atoms with Gasteiger partial charge < -0.3 is 9.47 Å². The predicted octanol–water partition coefficient (Wildman–Crippen LogP) is 8.11. The van der Waals surface area contributed by atoms with Gasteiger partial charge in [-0.2, -0.15) is 0 Å². The van der Waals surface area contributed by atoms with Gasteiger partial charge in [0, 0.05) is 10.0 Å². The molecule has 0 saturated carbocycles. The Labute approximate surface area is 198 Å². The van der Waals surface area contributed by atoms with Crippen molar-refractivity contribution >= 4 is 92.9 Å². The SMILES string of the molecule is O=C(Oc1c(Cl)cc(Cl)cc1Cl)c1ccc(C(=O)Oc2c(Cl)cc(Cl)cc2Cl)s1. The fraction of sp³-hybridized carbons (Fsp3) is 0.